The number of carbonyl (C=O) groups is 2. The third-order valence-corrected chi connectivity index (χ3v) is 5.59. The van der Waals surface area contributed by atoms with Crippen molar-refractivity contribution in [2.24, 2.45) is 5.10 Å². The molecule has 0 aliphatic carbocycles. The highest BCUT2D eigenvalue weighted by Crippen LogP contribution is 2.30. The first-order valence-electron chi connectivity index (χ1n) is 9.81. The van der Waals surface area contributed by atoms with Crippen LogP contribution in [0.5, 0.6) is 5.88 Å². The first kappa shape index (κ1) is 24.6. The van der Waals surface area contributed by atoms with Gasteiger partial charge in [-0.15, -0.1) is 0 Å². The van der Waals surface area contributed by atoms with Gasteiger partial charge in [-0.25, -0.2) is 15.2 Å². The van der Waals surface area contributed by atoms with Crippen molar-refractivity contribution in [3.8, 4) is 23.3 Å². The van der Waals surface area contributed by atoms with Crippen LogP contribution in [0.1, 0.15) is 32.9 Å². The van der Waals surface area contributed by atoms with Crippen LogP contribution < -0.4 is 10.2 Å². The summed E-state index contributed by atoms with van der Waals surface area (Å²) in [5, 5.41) is 22.6. The van der Waals surface area contributed by atoms with E-state index < -0.39 is 18.5 Å². The first-order chi connectivity index (χ1) is 16.3. The van der Waals surface area contributed by atoms with E-state index in [0.29, 0.717) is 32.8 Å². The van der Waals surface area contributed by atoms with Crippen LogP contribution in [0.25, 0.3) is 11.3 Å². The fourth-order valence-corrected chi connectivity index (χ4v) is 3.40. The van der Waals surface area contributed by atoms with E-state index in [9.17, 15) is 20.0 Å². The van der Waals surface area contributed by atoms with Gasteiger partial charge >= 0.3 is 5.97 Å². The van der Waals surface area contributed by atoms with Gasteiger partial charge in [0, 0.05) is 22.7 Å². The molecule has 2 heterocycles. The highest BCUT2D eigenvalue weighted by molar-refractivity contribution is 9.10. The Balaban J connectivity index is 1.64. The van der Waals surface area contributed by atoms with Crippen molar-refractivity contribution in [2.75, 3.05) is 13.7 Å². The lowest BCUT2D eigenvalue weighted by Gasteiger charge is -2.13. The lowest BCUT2D eigenvalue weighted by molar-refractivity contribution is -0.123. The summed E-state index contributed by atoms with van der Waals surface area (Å²) in [6.45, 7) is 1.47. The summed E-state index contributed by atoms with van der Waals surface area (Å²) < 4.78 is 16.8. The van der Waals surface area contributed by atoms with Gasteiger partial charge in [0.05, 0.1) is 24.1 Å². The Hall–Kier alpha value is -4.01. The molecular formula is C23H19BrN4O6. The number of hydrazone groups is 1. The zero-order chi connectivity index (χ0) is 24.7. The number of pyridine rings is 1. The summed E-state index contributed by atoms with van der Waals surface area (Å²) in [4.78, 5) is 27.7. The maximum Gasteiger partial charge on any atom is 0.336 e. The van der Waals surface area contributed by atoms with Gasteiger partial charge in [0.25, 0.3) is 5.91 Å². The van der Waals surface area contributed by atoms with Crippen LogP contribution in [-0.4, -0.2) is 41.9 Å². The Morgan fingerprint density at radius 3 is 2.79 bits per heavy atom. The number of benzene rings is 1. The number of ether oxygens (including phenoxy) is 2. The normalized spacial score (nSPS) is 10.8. The van der Waals surface area contributed by atoms with Gasteiger partial charge in [0.1, 0.15) is 23.2 Å². The van der Waals surface area contributed by atoms with Crippen LogP contribution >= 0.6 is 15.9 Å². The van der Waals surface area contributed by atoms with Crippen LogP contribution in [0.2, 0.25) is 0 Å². The molecule has 1 aromatic carbocycles. The number of nitrogens with zero attached hydrogens (tertiary/aromatic N) is 3. The molecule has 0 spiro atoms. The van der Waals surface area contributed by atoms with Crippen molar-refractivity contribution in [1.29, 1.82) is 5.26 Å². The zero-order valence-electron chi connectivity index (χ0n) is 18.2. The van der Waals surface area contributed by atoms with E-state index in [4.69, 9.17) is 13.9 Å². The quantitative estimate of drug-likeness (QED) is 0.317. The molecule has 0 radical (unpaired) electrons. The number of nitriles is 1. The number of carboxylic acid groups (broad SMARTS) is 1. The molecule has 0 saturated heterocycles. The Kier molecular flexibility index (Phi) is 8.13. The molecule has 3 rings (SSSR count). The van der Waals surface area contributed by atoms with Crippen LogP contribution in [-0.2, 0) is 16.1 Å². The predicted octanol–water partition coefficient (Wildman–Crippen LogP) is 3.66. The van der Waals surface area contributed by atoms with Gasteiger partial charge in [-0.05, 0) is 41.1 Å². The number of carboxylic acids is 1. The van der Waals surface area contributed by atoms with E-state index in [1.165, 1.54) is 19.4 Å². The van der Waals surface area contributed by atoms with Crippen molar-refractivity contribution >= 4 is 34.0 Å². The second kappa shape index (κ2) is 11.2. The molecule has 0 atom stereocenters. The number of carbonyl (C=O) groups excluding carboxylic acids is 1. The zero-order valence-corrected chi connectivity index (χ0v) is 19.7. The second-order valence-corrected chi connectivity index (χ2v) is 7.64. The highest BCUT2D eigenvalue weighted by atomic mass is 79.9. The molecule has 0 saturated carbocycles. The molecule has 10 nitrogen and oxygen atoms in total. The van der Waals surface area contributed by atoms with Crippen molar-refractivity contribution < 1.29 is 28.6 Å². The molecule has 11 heteroatoms. The van der Waals surface area contributed by atoms with E-state index >= 15 is 0 Å². The molecule has 0 bridgehead atoms. The Bertz CT molecular complexity index is 1300. The van der Waals surface area contributed by atoms with E-state index in [1.54, 1.807) is 37.3 Å². The minimum absolute atomic E-state index is 0.0159. The number of rotatable bonds is 9. The van der Waals surface area contributed by atoms with Crippen LogP contribution in [0.4, 0.5) is 0 Å². The van der Waals surface area contributed by atoms with Crippen molar-refractivity contribution in [3.63, 3.8) is 0 Å². The number of nitrogens with one attached hydrogen (secondary N) is 1. The molecule has 0 fully saturated rings. The van der Waals surface area contributed by atoms with Gasteiger partial charge < -0.3 is 19.0 Å². The Labute approximate surface area is 202 Å². The van der Waals surface area contributed by atoms with E-state index in [1.807, 2.05) is 6.07 Å². The van der Waals surface area contributed by atoms with Gasteiger partial charge in [-0.2, -0.15) is 10.4 Å². The summed E-state index contributed by atoms with van der Waals surface area (Å²) in [6, 6.07) is 11.7. The average molecular weight is 527 g/mol. The smallest absolute Gasteiger partial charge is 0.336 e. The second-order valence-electron chi connectivity index (χ2n) is 6.85. The Morgan fingerprint density at radius 1 is 1.32 bits per heavy atom. The number of aryl methyl sites for hydroxylation is 1. The molecule has 2 N–H and O–H groups in total. The summed E-state index contributed by atoms with van der Waals surface area (Å²) in [5.74, 6) is -0.987. The molecule has 3 aromatic rings. The van der Waals surface area contributed by atoms with Crippen molar-refractivity contribution in [2.45, 2.75) is 13.5 Å². The maximum absolute atomic E-state index is 12.1. The Morgan fingerprint density at radius 2 is 2.09 bits per heavy atom. The summed E-state index contributed by atoms with van der Waals surface area (Å²) in [6.07, 6.45) is 1.27. The third-order valence-electron chi connectivity index (χ3n) is 4.54. The largest absolute Gasteiger partial charge is 0.478 e. The number of aromatic nitrogens is 1. The van der Waals surface area contributed by atoms with Crippen molar-refractivity contribution in [1.82, 2.24) is 10.4 Å². The molecule has 0 aliphatic heterocycles. The fourth-order valence-electron chi connectivity index (χ4n) is 3.00. The number of amides is 1. The molecule has 0 unspecified atom stereocenters. The van der Waals surface area contributed by atoms with Gasteiger partial charge in [0.15, 0.2) is 6.61 Å². The SMILES string of the molecule is COCc1c(Br)c(C)nc(OCC(=O)N/N=C/c2ccc(-c3ccccc3C(=O)O)o2)c1C#N. The van der Waals surface area contributed by atoms with Gasteiger partial charge in [0.2, 0.25) is 5.88 Å². The summed E-state index contributed by atoms with van der Waals surface area (Å²) in [7, 11) is 1.50. The standard InChI is InChI=1S/C23H19BrN4O6/c1-13-21(24)18(11-32-2)17(9-25)22(27-13)33-12-20(29)28-26-10-14-7-8-19(34-14)15-5-3-4-6-16(15)23(30)31/h3-8,10H,11-12H2,1-2H3,(H,28,29)(H,30,31)/b26-10+. The molecular weight excluding hydrogens is 508 g/mol. The number of aromatic carboxylic acids is 1. The number of hydrogen-bond donors (Lipinski definition) is 2. The lowest BCUT2D eigenvalue weighted by atomic mass is 10.1. The molecule has 0 aliphatic rings. The number of halogens is 1. The lowest BCUT2D eigenvalue weighted by Crippen LogP contribution is -2.25. The monoisotopic (exact) mass is 526 g/mol. The molecule has 174 valence electrons. The third kappa shape index (κ3) is 5.67. The summed E-state index contributed by atoms with van der Waals surface area (Å²) >= 11 is 3.39. The van der Waals surface area contributed by atoms with E-state index in [-0.39, 0.29) is 23.6 Å². The predicted molar refractivity (Wildman–Crippen MR) is 124 cm³/mol. The number of methoxy groups -OCH3 is 1. The van der Waals surface area contributed by atoms with Crippen molar-refractivity contribution in [3.05, 3.63) is 69.0 Å². The average Bonchev–Trinajstić information content (AvgIpc) is 3.29. The molecule has 1 amide bonds. The molecule has 34 heavy (non-hydrogen) atoms. The van der Waals surface area contributed by atoms with Crippen LogP contribution in [0, 0.1) is 18.3 Å². The fraction of sp³-hybridized carbons (Fsp3) is 0.174. The topological polar surface area (TPSA) is 147 Å². The minimum Gasteiger partial charge on any atom is -0.478 e. The van der Waals surface area contributed by atoms with E-state index in [0.717, 1.165) is 0 Å². The summed E-state index contributed by atoms with van der Waals surface area (Å²) in [5.41, 5.74) is 4.14. The first-order valence-corrected chi connectivity index (χ1v) is 10.6. The number of furan rings is 1. The minimum atomic E-state index is -1.07. The number of hydrogen-bond acceptors (Lipinski definition) is 8. The van der Waals surface area contributed by atoms with Gasteiger partial charge in [-0.1, -0.05) is 18.2 Å². The molecule has 2 aromatic heterocycles. The van der Waals surface area contributed by atoms with Crippen LogP contribution in [0.15, 0.2) is 50.4 Å². The van der Waals surface area contributed by atoms with Gasteiger partial charge in [-0.3, -0.25) is 4.79 Å². The van der Waals surface area contributed by atoms with E-state index in [2.05, 4.69) is 31.4 Å². The van der Waals surface area contributed by atoms with Crippen LogP contribution in [0.3, 0.4) is 0 Å². The maximum atomic E-state index is 12.1. The highest BCUT2D eigenvalue weighted by Gasteiger charge is 2.18.